The fourth-order valence-corrected chi connectivity index (χ4v) is 4.78. The van der Waals surface area contributed by atoms with Crippen molar-refractivity contribution in [1.82, 2.24) is 9.55 Å². The van der Waals surface area contributed by atoms with E-state index in [2.05, 4.69) is 10.3 Å². The number of carbonyl (C=O) groups is 1. The molecular weight excluding hydrogens is 446 g/mol. The van der Waals surface area contributed by atoms with Crippen LogP contribution in [0.5, 0.6) is 11.5 Å². The number of rotatable bonds is 7. The Balaban J connectivity index is 1.63. The number of nitrogens with zero attached hydrogens (tertiary/aromatic N) is 2. The summed E-state index contributed by atoms with van der Waals surface area (Å²) in [4.78, 5) is 30.6. The molecule has 0 aliphatic rings. The van der Waals surface area contributed by atoms with E-state index in [1.54, 1.807) is 29.9 Å². The molecule has 0 fully saturated rings. The molecule has 0 saturated heterocycles. The third kappa shape index (κ3) is 4.49. The summed E-state index contributed by atoms with van der Waals surface area (Å²) in [6.07, 6.45) is 0. The zero-order chi connectivity index (χ0) is 22.7. The van der Waals surface area contributed by atoms with Gasteiger partial charge in [-0.05, 0) is 48.2 Å². The van der Waals surface area contributed by atoms with Crippen LogP contribution in [0.4, 0.5) is 5.69 Å². The minimum absolute atomic E-state index is 0.0638. The van der Waals surface area contributed by atoms with E-state index >= 15 is 0 Å². The predicted molar refractivity (Wildman–Crippen MR) is 129 cm³/mol. The van der Waals surface area contributed by atoms with Crippen LogP contribution in [0.15, 0.2) is 63.9 Å². The van der Waals surface area contributed by atoms with Gasteiger partial charge in [-0.2, -0.15) is 0 Å². The summed E-state index contributed by atoms with van der Waals surface area (Å²) >= 11 is 2.56. The van der Waals surface area contributed by atoms with Crippen molar-refractivity contribution in [2.75, 3.05) is 25.3 Å². The van der Waals surface area contributed by atoms with Crippen LogP contribution in [0.1, 0.15) is 5.56 Å². The quantitative estimate of drug-likeness (QED) is 0.318. The molecule has 9 heteroatoms. The highest BCUT2D eigenvalue weighted by Crippen LogP contribution is 2.29. The van der Waals surface area contributed by atoms with Gasteiger partial charge in [-0.3, -0.25) is 14.2 Å². The summed E-state index contributed by atoms with van der Waals surface area (Å²) < 4.78 is 12.7. The number of benzene rings is 2. The molecule has 32 heavy (non-hydrogen) atoms. The highest BCUT2D eigenvalue weighted by Gasteiger charge is 2.17. The number of amides is 1. The molecule has 7 nitrogen and oxygen atoms in total. The average Bonchev–Trinajstić information content (AvgIpc) is 3.26. The van der Waals surface area contributed by atoms with Gasteiger partial charge in [0.2, 0.25) is 5.91 Å². The largest absolute Gasteiger partial charge is 0.497 e. The van der Waals surface area contributed by atoms with Gasteiger partial charge in [0.05, 0.1) is 36.9 Å². The molecule has 4 aromatic rings. The van der Waals surface area contributed by atoms with Gasteiger partial charge in [-0.1, -0.05) is 23.9 Å². The average molecular weight is 468 g/mol. The van der Waals surface area contributed by atoms with Gasteiger partial charge < -0.3 is 14.8 Å². The Labute approximate surface area is 193 Å². The number of anilines is 1. The Morgan fingerprint density at radius 3 is 2.75 bits per heavy atom. The minimum atomic E-state index is -0.253. The van der Waals surface area contributed by atoms with E-state index in [0.717, 1.165) is 11.3 Å². The van der Waals surface area contributed by atoms with Gasteiger partial charge in [0.15, 0.2) is 5.16 Å². The number of thiophene rings is 1. The standard InChI is InChI=1S/C23H21N3O4S2/c1-14-5-4-6-15(11-14)26-22(28)21-17(9-10-31-21)25-23(26)32-13-20(27)24-18-12-16(29-2)7-8-19(18)30-3/h4-12H,13H2,1-3H3,(H,24,27). The lowest BCUT2D eigenvalue weighted by atomic mass is 10.2. The van der Waals surface area contributed by atoms with Crippen molar-refractivity contribution < 1.29 is 14.3 Å². The first-order chi connectivity index (χ1) is 15.5. The van der Waals surface area contributed by atoms with Crippen molar-refractivity contribution >= 4 is 44.9 Å². The first-order valence-corrected chi connectivity index (χ1v) is 11.6. The number of nitrogens with one attached hydrogen (secondary N) is 1. The number of ether oxygens (including phenoxy) is 2. The van der Waals surface area contributed by atoms with Crippen LogP contribution in [0.3, 0.4) is 0 Å². The summed E-state index contributed by atoms with van der Waals surface area (Å²) in [5.41, 5.74) is 2.73. The lowest BCUT2D eigenvalue weighted by Crippen LogP contribution is -2.22. The maximum absolute atomic E-state index is 13.2. The molecule has 1 N–H and O–H groups in total. The van der Waals surface area contributed by atoms with Crippen molar-refractivity contribution in [1.29, 1.82) is 0 Å². The molecule has 4 rings (SSSR count). The Hall–Kier alpha value is -3.30. The molecule has 2 aromatic heterocycles. The Bertz CT molecular complexity index is 1350. The van der Waals surface area contributed by atoms with Crippen molar-refractivity contribution in [2.45, 2.75) is 12.1 Å². The summed E-state index contributed by atoms with van der Waals surface area (Å²) in [5, 5.41) is 5.14. The second kappa shape index (κ2) is 9.46. The fourth-order valence-electron chi connectivity index (χ4n) is 3.21. The predicted octanol–water partition coefficient (Wildman–Crippen LogP) is 4.50. The molecule has 0 radical (unpaired) electrons. The second-order valence-electron chi connectivity index (χ2n) is 6.91. The number of aromatic nitrogens is 2. The second-order valence-corrected chi connectivity index (χ2v) is 8.77. The number of fused-ring (bicyclic) bond motifs is 1. The molecule has 164 valence electrons. The number of carbonyl (C=O) groups excluding carboxylic acids is 1. The lowest BCUT2D eigenvalue weighted by Gasteiger charge is -2.14. The molecule has 0 saturated carbocycles. The van der Waals surface area contributed by atoms with Crippen molar-refractivity contribution in [3.8, 4) is 17.2 Å². The number of hydrogen-bond acceptors (Lipinski definition) is 7. The molecule has 0 aliphatic carbocycles. The molecule has 0 unspecified atom stereocenters. The Morgan fingerprint density at radius 2 is 2.00 bits per heavy atom. The highest BCUT2D eigenvalue weighted by molar-refractivity contribution is 7.99. The summed E-state index contributed by atoms with van der Waals surface area (Å²) in [7, 11) is 3.09. The van der Waals surface area contributed by atoms with Gasteiger partial charge in [-0.25, -0.2) is 4.98 Å². The van der Waals surface area contributed by atoms with E-state index in [-0.39, 0.29) is 17.2 Å². The van der Waals surface area contributed by atoms with Crippen LogP contribution in [-0.2, 0) is 4.79 Å². The summed E-state index contributed by atoms with van der Waals surface area (Å²) in [6, 6.07) is 14.6. The number of hydrogen-bond donors (Lipinski definition) is 1. The third-order valence-corrected chi connectivity index (χ3v) is 6.55. The minimum Gasteiger partial charge on any atom is -0.497 e. The Kier molecular flexibility index (Phi) is 6.48. The van der Waals surface area contributed by atoms with E-state index in [1.165, 1.54) is 30.2 Å². The molecule has 0 atom stereocenters. The first-order valence-electron chi connectivity index (χ1n) is 9.72. The molecule has 0 spiro atoms. The molecular formula is C23H21N3O4S2. The van der Waals surface area contributed by atoms with E-state index in [1.807, 2.05) is 42.6 Å². The van der Waals surface area contributed by atoms with Gasteiger partial charge in [0.1, 0.15) is 16.2 Å². The Morgan fingerprint density at radius 1 is 1.16 bits per heavy atom. The lowest BCUT2D eigenvalue weighted by molar-refractivity contribution is -0.113. The fraction of sp³-hybridized carbons (Fsp3) is 0.174. The number of aryl methyl sites for hydroxylation is 1. The first kappa shape index (κ1) is 21.9. The third-order valence-electron chi connectivity index (χ3n) is 4.72. The maximum atomic E-state index is 13.2. The van der Waals surface area contributed by atoms with Gasteiger partial charge >= 0.3 is 0 Å². The van der Waals surface area contributed by atoms with Crippen LogP contribution in [0.25, 0.3) is 15.9 Å². The number of thioether (sulfide) groups is 1. The van der Waals surface area contributed by atoms with Gasteiger partial charge in [0.25, 0.3) is 5.56 Å². The molecule has 0 bridgehead atoms. The topological polar surface area (TPSA) is 82.5 Å². The van der Waals surface area contributed by atoms with Crippen LogP contribution in [0, 0.1) is 6.92 Å². The highest BCUT2D eigenvalue weighted by atomic mass is 32.2. The zero-order valence-electron chi connectivity index (χ0n) is 17.7. The number of methoxy groups -OCH3 is 2. The molecule has 2 aromatic carbocycles. The van der Waals surface area contributed by atoms with E-state index < -0.39 is 0 Å². The SMILES string of the molecule is COc1ccc(OC)c(NC(=O)CSc2nc3ccsc3c(=O)n2-c2cccc(C)c2)c1. The molecule has 2 heterocycles. The molecule has 0 aliphatic heterocycles. The van der Waals surface area contributed by atoms with Gasteiger partial charge in [-0.15, -0.1) is 11.3 Å². The summed E-state index contributed by atoms with van der Waals surface area (Å²) in [5.74, 6) is 0.941. The normalized spacial score (nSPS) is 10.8. The maximum Gasteiger partial charge on any atom is 0.276 e. The van der Waals surface area contributed by atoms with Crippen LogP contribution >= 0.6 is 23.1 Å². The smallest absolute Gasteiger partial charge is 0.276 e. The van der Waals surface area contributed by atoms with Crippen LogP contribution in [-0.4, -0.2) is 35.4 Å². The van der Waals surface area contributed by atoms with Crippen molar-refractivity contribution in [3.05, 3.63) is 69.8 Å². The molecule has 1 amide bonds. The van der Waals surface area contributed by atoms with Gasteiger partial charge in [0, 0.05) is 6.07 Å². The van der Waals surface area contributed by atoms with E-state index in [4.69, 9.17) is 9.47 Å². The van der Waals surface area contributed by atoms with Crippen LogP contribution < -0.4 is 20.3 Å². The van der Waals surface area contributed by atoms with Crippen molar-refractivity contribution in [3.63, 3.8) is 0 Å². The van der Waals surface area contributed by atoms with Crippen molar-refractivity contribution in [2.24, 2.45) is 0 Å². The van der Waals surface area contributed by atoms with E-state index in [0.29, 0.717) is 32.6 Å². The van der Waals surface area contributed by atoms with E-state index in [9.17, 15) is 9.59 Å². The van der Waals surface area contributed by atoms with Crippen LogP contribution in [0.2, 0.25) is 0 Å². The summed E-state index contributed by atoms with van der Waals surface area (Å²) in [6.45, 7) is 1.97. The zero-order valence-corrected chi connectivity index (χ0v) is 19.4. The monoisotopic (exact) mass is 467 g/mol.